The molecular formula is C24H28N4O6S. The van der Waals surface area contributed by atoms with Crippen LogP contribution in [0.5, 0.6) is 5.75 Å². The number of urea groups is 1. The van der Waals surface area contributed by atoms with E-state index in [4.69, 9.17) is 4.74 Å². The molecule has 0 radical (unpaired) electrons. The SMILES string of the molecule is CCOc1ccc(C2(C)NC(=O)N(CC(=O)N3CCN(S(=O)(=O)c4ccccc4)CC3)C2=O)cc1. The number of carbonyl (C=O) groups is 3. The van der Waals surface area contributed by atoms with Gasteiger partial charge in [0.2, 0.25) is 15.9 Å². The van der Waals surface area contributed by atoms with Crippen LogP contribution in [0.15, 0.2) is 59.5 Å². The van der Waals surface area contributed by atoms with Crippen molar-refractivity contribution in [3.05, 3.63) is 60.2 Å². The quantitative estimate of drug-likeness (QED) is 0.575. The van der Waals surface area contributed by atoms with Crippen LogP contribution in [-0.2, 0) is 25.2 Å². The van der Waals surface area contributed by atoms with E-state index in [1.54, 1.807) is 49.4 Å². The Balaban J connectivity index is 1.39. The van der Waals surface area contributed by atoms with Crippen LogP contribution in [0.2, 0.25) is 0 Å². The van der Waals surface area contributed by atoms with Crippen LogP contribution in [-0.4, -0.2) is 79.7 Å². The van der Waals surface area contributed by atoms with Gasteiger partial charge in [0.1, 0.15) is 17.8 Å². The molecule has 1 atom stereocenters. The van der Waals surface area contributed by atoms with E-state index >= 15 is 0 Å². The monoisotopic (exact) mass is 500 g/mol. The Kier molecular flexibility index (Phi) is 6.82. The number of carbonyl (C=O) groups excluding carboxylic acids is 3. The van der Waals surface area contributed by atoms with E-state index in [1.807, 2.05) is 6.92 Å². The minimum atomic E-state index is -3.65. The summed E-state index contributed by atoms with van der Waals surface area (Å²) < 4.78 is 32.4. The molecule has 0 bridgehead atoms. The smallest absolute Gasteiger partial charge is 0.325 e. The third kappa shape index (κ3) is 4.73. The number of ether oxygens (including phenoxy) is 1. The highest BCUT2D eigenvalue weighted by Gasteiger charge is 2.49. The van der Waals surface area contributed by atoms with Gasteiger partial charge in [-0.2, -0.15) is 4.31 Å². The third-order valence-corrected chi connectivity index (χ3v) is 8.20. The summed E-state index contributed by atoms with van der Waals surface area (Å²) in [4.78, 5) is 41.3. The molecule has 2 heterocycles. The number of benzene rings is 2. The molecule has 0 aliphatic carbocycles. The molecule has 1 unspecified atom stereocenters. The summed E-state index contributed by atoms with van der Waals surface area (Å²) in [7, 11) is -3.65. The van der Waals surface area contributed by atoms with Crippen molar-refractivity contribution >= 4 is 27.9 Å². The number of piperazine rings is 1. The van der Waals surface area contributed by atoms with Gasteiger partial charge < -0.3 is 15.0 Å². The number of imide groups is 1. The lowest BCUT2D eigenvalue weighted by Gasteiger charge is -2.34. The molecule has 2 aromatic carbocycles. The van der Waals surface area contributed by atoms with Crippen molar-refractivity contribution in [2.24, 2.45) is 0 Å². The van der Waals surface area contributed by atoms with Gasteiger partial charge in [0.05, 0.1) is 11.5 Å². The number of nitrogens with one attached hydrogen (secondary N) is 1. The molecule has 2 aromatic rings. The Bertz CT molecular complexity index is 1210. The largest absolute Gasteiger partial charge is 0.494 e. The number of hydrogen-bond donors (Lipinski definition) is 1. The van der Waals surface area contributed by atoms with E-state index in [-0.39, 0.29) is 31.1 Å². The molecule has 10 nitrogen and oxygen atoms in total. The lowest BCUT2D eigenvalue weighted by Crippen LogP contribution is -2.53. The maximum Gasteiger partial charge on any atom is 0.325 e. The van der Waals surface area contributed by atoms with Crippen molar-refractivity contribution in [3.63, 3.8) is 0 Å². The topological polar surface area (TPSA) is 116 Å². The van der Waals surface area contributed by atoms with Crippen LogP contribution < -0.4 is 10.1 Å². The van der Waals surface area contributed by atoms with Gasteiger partial charge in [-0.15, -0.1) is 0 Å². The molecule has 186 valence electrons. The first-order valence-electron chi connectivity index (χ1n) is 11.4. The van der Waals surface area contributed by atoms with E-state index in [0.29, 0.717) is 17.9 Å². The first-order chi connectivity index (χ1) is 16.7. The molecule has 2 aliphatic heterocycles. The summed E-state index contributed by atoms with van der Waals surface area (Å²) in [5, 5.41) is 2.69. The molecule has 0 saturated carbocycles. The lowest BCUT2D eigenvalue weighted by molar-refractivity contribution is -0.139. The first kappa shape index (κ1) is 24.7. The average molecular weight is 501 g/mol. The van der Waals surface area contributed by atoms with E-state index in [1.165, 1.54) is 21.3 Å². The third-order valence-electron chi connectivity index (χ3n) is 6.28. The molecular weight excluding hydrogens is 472 g/mol. The molecule has 0 spiro atoms. The summed E-state index contributed by atoms with van der Waals surface area (Å²) in [5.74, 6) is -0.288. The average Bonchev–Trinajstić information content (AvgIpc) is 3.09. The Hall–Kier alpha value is -3.44. The minimum Gasteiger partial charge on any atom is -0.494 e. The fourth-order valence-corrected chi connectivity index (χ4v) is 5.69. The summed E-state index contributed by atoms with van der Waals surface area (Å²) in [6, 6.07) is 14.3. The highest BCUT2D eigenvalue weighted by Crippen LogP contribution is 2.30. The fourth-order valence-electron chi connectivity index (χ4n) is 4.24. The first-order valence-corrected chi connectivity index (χ1v) is 12.8. The van der Waals surface area contributed by atoms with Gasteiger partial charge in [-0.1, -0.05) is 30.3 Å². The van der Waals surface area contributed by atoms with Crippen LogP contribution in [0.1, 0.15) is 19.4 Å². The second kappa shape index (κ2) is 9.67. The van der Waals surface area contributed by atoms with Gasteiger partial charge >= 0.3 is 6.03 Å². The van der Waals surface area contributed by atoms with E-state index in [9.17, 15) is 22.8 Å². The second-order valence-corrected chi connectivity index (χ2v) is 10.4. The minimum absolute atomic E-state index is 0.132. The lowest BCUT2D eigenvalue weighted by atomic mass is 9.92. The number of sulfonamides is 1. The molecule has 2 fully saturated rings. The Labute approximate surface area is 204 Å². The van der Waals surface area contributed by atoms with Crippen LogP contribution in [0.4, 0.5) is 4.79 Å². The molecule has 2 aliphatic rings. The number of nitrogens with zero attached hydrogens (tertiary/aromatic N) is 3. The molecule has 4 rings (SSSR count). The van der Waals surface area contributed by atoms with Gasteiger partial charge in [0.15, 0.2) is 0 Å². The van der Waals surface area contributed by atoms with Crippen LogP contribution in [0, 0.1) is 0 Å². The summed E-state index contributed by atoms with van der Waals surface area (Å²) in [5.41, 5.74) is -0.723. The van der Waals surface area contributed by atoms with Gasteiger partial charge in [0.25, 0.3) is 5.91 Å². The number of hydrogen-bond acceptors (Lipinski definition) is 6. The van der Waals surface area contributed by atoms with Gasteiger partial charge in [0, 0.05) is 26.2 Å². The van der Waals surface area contributed by atoms with E-state index < -0.39 is 40.0 Å². The highest BCUT2D eigenvalue weighted by molar-refractivity contribution is 7.89. The zero-order valence-electron chi connectivity index (χ0n) is 19.6. The maximum atomic E-state index is 13.2. The van der Waals surface area contributed by atoms with Crippen LogP contribution >= 0.6 is 0 Å². The van der Waals surface area contributed by atoms with Crippen molar-refractivity contribution < 1.29 is 27.5 Å². The fraction of sp³-hybridized carbons (Fsp3) is 0.375. The second-order valence-electron chi connectivity index (χ2n) is 8.50. The number of rotatable bonds is 7. The Morgan fingerprint density at radius 1 is 1.00 bits per heavy atom. The van der Waals surface area contributed by atoms with E-state index in [0.717, 1.165) is 4.90 Å². The zero-order valence-corrected chi connectivity index (χ0v) is 20.5. The van der Waals surface area contributed by atoms with Gasteiger partial charge in [-0.05, 0) is 43.7 Å². The van der Waals surface area contributed by atoms with Gasteiger partial charge in [-0.3, -0.25) is 14.5 Å². The van der Waals surface area contributed by atoms with Crippen molar-refractivity contribution in [2.75, 3.05) is 39.3 Å². The summed E-state index contributed by atoms with van der Waals surface area (Å²) in [6.07, 6.45) is 0. The van der Waals surface area contributed by atoms with Crippen molar-refractivity contribution in [1.82, 2.24) is 19.4 Å². The van der Waals surface area contributed by atoms with E-state index in [2.05, 4.69) is 5.32 Å². The maximum absolute atomic E-state index is 13.2. The van der Waals surface area contributed by atoms with Crippen molar-refractivity contribution in [1.29, 1.82) is 0 Å². The standard InChI is InChI=1S/C24H28N4O6S/c1-3-34-19-11-9-18(10-12-19)24(2)22(30)28(23(31)25-24)17-21(29)26-13-15-27(16-14-26)35(32,33)20-7-5-4-6-8-20/h4-12H,3,13-17H2,1-2H3,(H,25,31). The molecule has 2 saturated heterocycles. The van der Waals surface area contributed by atoms with Crippen molar-refractivity contribution in [2.45, 2.75) is 24.3 Å². The predicted octanol–water partition coefficient (Wildman–Crippen LogP) is 1.39. The molecule has 11 heteroatoms. The summed E-state index contributed by atoms with van der Waals surface area (Å²) >= 11 is 0. The molecule has 4 amide bonds. The molecule has 0 aromatic heterocycles. The molecule has 1 N–H and O–H groups in total. The van der Waals surface area contributed by atoms with Crippen LogP contribution in [0.3, 0.4) is 0 Å². The van der Waals surface area contributed by atoms with Gasteiger partial charge in [-0.25, -0.2) is 13.2 Å². The van der Waals surface area contributed by atoms with Crippen LogP contribution in [0.25, 0.3) is 0 Å². The predicted molar refractivity (Wildman–Crippen MR) is 127 cm³/mol. The highest BCUT2D eigenvalue weighted by atomic mass is 32.2. The normalized spacial score (nSPS) is 21.2. The molecule has 35 heavy (non-hydrogen) atoms. The number of amides is 4. The van der Waals surface area contributed by atoms with Crippen molar-refractivity contribution in [3.8, 4) is 5.75 Å². The Morgan fingerprint density at radius 3 is 2.23 bits per heavy atom. The zero-order chi connectivity index (χ0) is 25.2. The Morgan fingerprint density at radius 2 is 1.63 bits per heavy atom. The summed E-state index contributed by atoms with van der Waals surface area (Å²) in [6.45, 7) is 4.17.